The number of carbonyl (C=O) groups excluding carboxylic acids is 1. The molecule has 3 aromatic rings. The number of aromatic nitrogens is 1. The highest BCUT2D eigenvalue weighted by molar-refractivity contribution is 6.33. The van der Waals surface area contributed by atoms with E-state index in [1.165, 1.54) is 0 Å². The summed E-state index contributed by atoms with van der Waals surface area (Å²) in [5.41, 5.74) is 2.66. The third kappa shape index (κ3) is 6.24. The molecule has 0 unspecified atom stereocenters. The van der Waals surface area contributed by atoms with Gasteiger partial charge in [0.25, 0.3) is 0 Å². The summed E-state index contributed by atoms with van der Waals surface area (Å²) < 4.78 is 7.41. The van der Waals surface area contributed by atoms with Crippen LogP contribution in [-0.2, 0) is 16.1 Å². The van der Waals surface area contributed by atoms with E-state index in [1.54, 1.807) is 0 Å². The summed E-state index contributed by atoms with van der Waals surface area (Å²) in [7, 11) is 0. The number of halogens is 2. The zero-order valence-electron chi connectivity index (χ0n) is 20.6. The van der Waals surface area contributed by atoms with E-state index in [2.05, 4.69) is 15.1 Å². The number of rotatable bonds is 8. The molecule has 2 saturated heterocycles. The van der Waals surface area contributed by atoms with E-state index in [9.17, 15) is 9.90 Å². The van der Waals surface area contributed by atoms with Gasteiger partial charge in [0.15, 0.2) is 0 Å². The molecule has 5 rings (SSSR count). The maximum atomic E-state index is 13.4. The van der Waals surface area contributed by atoms with Crippen LogP contribution in [0.25, 0.3) is 0 Å². The molecule has 2 N–H and O–H groups in total. The highest BCUT2D eigenvalue weighted by Crippen LogP contribution is 2.31. The molecule has 1 aromatic heterocycles. The van der Waals surface area contributed by atoms with Crippen LogP contribution in [0, 0.1) is 5.92 Å². The molecule has 37 heavy (non-hydrogen) atoms. The molecule has 2 aliphatic rings. The zero-order chi connectivity index (χ0) is 25.8. The summed E-state index contributed by atoms with van der Waals surface area (Å²) in [5, 5.41) is 15.8. The van der Waals surface area contributed by atoms with Gasteiger partial charge in [-0.25, -0.2) is 0 Å². The molecular formula is C28H32Cl2N4O3. The highest BCUT2D eigenvalue weighted by atomic mass is 35.5. The molecule has 0 radical (unpaired) electrons. The van der Waals surface area contributed by atoms with Crippen LogP contribution in [0.1, 0.15) is 18.1 Å². The Balaban J connectivity index is 1.29. The van der Waals surface area contributed by atoms with Gasteiger partial charge in [-0.05, 0) is 60.5 Å². The van der Waals surface area contributed by atoms with Crippen molar-refractivity contribution in [2.45, 2.75) is 25.1 Å². The van der Waals surface area contributed by atoms with E-state index in [1.807, 2.05) is 71.6 Å². The van der Waals surface area contributed by atoms with Gasteiger partial charge in [0, 0.05) is 55.8 Å². The molecule has 0 bridgehead atoms. The molecule has 3 atom stereocenters. The Bertz CT molecular complexity index is 1180. The predicted molar refractivity (Wildman–Crippen MR) is 148 cm³/mol. The number of nitrogens with zero attached hydrogens (tertiary/aromatic N) is 3. The van der Waals surface area contributed by atoms with E-state index >= 15 is 0 Å². The smallest absolute Gasteiger partial charge is 0.225 e. The molecule has 196 valence electrons. The third-order valence-corrected chi connectivity index (χ3v) is 7.75. The number of nitrogens with one attached hydrogen (secondary N) is 1. The average molecular weight is 543 g/mol. The van der Waals surface area contributed by atoms with Crippen molar-refractivity contribution in [2.75, 3.05) is 49.2 Å². The first kappa shape index (κ1) is 25.9. The first-order chi connectivity index (χ1) is 18.0. The van der Waals surface area contributed by atoms with Gasteiger partial charge in [-0.3, -0.25) is 4.79 Å². The van der Waals surface area contributed by atoms with Crippen LogP contribution in [0.2, 0.25) is 10.0 Å². The van der Waals surface area contributed by atoms with Crippen molar-refractivity contribution in [3.63, 3.8) is 0 Å². The molecule has 9 heteroatoms. The van der Waals surface area contributed by atoms with Gasteiger partial charge in [-0.2, -0.15) is 0 Å². The second-order valence-electron chi connectivity index (χ2n) is 9.66. The zero-order valence-corrected chi connectivity index (χ0v) is 22.1. The standard InChI is InChI=1S/C28H32Cl2N4O3/c29-22-4-6-23(7-5-22)34-12-9-21(18-34)28(36)31-25(19-32-10-1-2-11-32)27(35)20-3-8-26(24(30)17-20)33-13-15-37-16-14-33/h1-8,10-11,17,21,25,27,35H,9,12-16,18-19H2,(H,31,36)/t21-,25+,27+/m0/s1. The molecule has 0 saturated carbocycles. The number of aliphatic hydroxyl groups is 1. The number of hydrogen-bond donors (Lipinski definition) is 2. The first-order valence-corrected chi connectivity index (χ1v) is 13.5. The number of morpholine rings is 1. The third-order valence-electron chi connectivity index (χ3n) is 7.20. The molecule has 3 heterocycles. The monoisotopic (exact) mass is 542 g/mol. The minimum atomic E-state index is -0.920. The number of benzene rings is 2. The lowest BCUT2D eigenvalue weighted by atomic mass is 9.99. The lowest BCUT2D eigenvalue weighted by molar-refractivity contribution is -0.126. The van der Waals surface area contributed by atoms with Crippen molar-refractivity contribution in [2.24, 2.45) is 5.92 Å². The second kappa shape index (κ2) is 11.8. The van der Waals surface area contributed by atoms with Crippen LogP contribution in [0.3, 0.4) is 0 Å². The number of anilines is 2. The van der Waals surface area contributed by atoms with Gasteiger partial charge in [-0.1, -0.05) is 29.3 Å². The number of hydrogen-bond acceptors (Lipinski definition) is 5. The van der Waals surface area contributed by atoms with Gasteiger partial charge < -0.3 is 29.5 Å². The summed E-state index contributed by atoms with van der Waals surface area (Å²) in [5.74, 6) is -0.217. The molecule has 1 amide bonds. The lowest BCUT2D eigenvalue weighted by Crippen LogP contribution is -2.45. The second-order valence-corrected chi connectivity index (χ2v) is 10.5. The van der Waals surface area contributed by atoms with E-state index in [-0.39, 0.29) is 11.8 Å². The van der Waals surface area contributed by atoms with Gasteiger partial charge in [0.1, 0.15) is 6.10 Å². The van der Waals surface area contributed by atoms with Crippen molar-refractivity contribution >= 4 is 40.5 Å². The van der Waals surface area contributed by atoms with Crippen molar-refractivity contribution < 1.29 is 14.6 Å². The normalized spacial score (nSPS) is 19.6. The van der Waals surface area contributed by atoms with E-state index < -0.39 is 12.1 Å². The Hall–Kier alpha value is -2.71. The maximum absolute atomic E-state index is 13.4. The Kier molecular flexibility index (Phi) is 8.25. The van der Waals surface area contributed by atoms with Crippen LogP contribution in [0.4, 0.5) is 11.4 Å². The van der Waals surface area contributed by atoms with Crippen LogP contribution in [0.15, 0.2) is 67.0 Å². The van der Waals surface area contributed by atoms with Crippen LogP contribution >= 0.6 is 23.2 Å². The fourth-order valence-electron chi connectivity index (χ4n) is 5.10. The molecule has 7 nitrogen and oxygen atoms in total. The van der Waals surface area contributed by atoms with Gasteiger partial charge in [0.05, 0.1) is 35.9 Å². The van der Waals surface area contributed by atoms with Gasteiger partial charge in [-0.15, -0.1) is 0 Å². The van der Waals surface area contributed by atoms with Crippen molar-refractivity contribution in [1.29, 1.82) is 0 Å². The molecule has 0 aliphatic carbocycles. The lowest BCUT2D eigenvalue weighted by Gasteiger charge is -2.30. The van der Waals surface area contributed by atoms with Crippen molar-refractivity contribution in [1.82, 2.24) is 9.88 Å². The van der Waals surface area contributed by atoms with Crippen LogP contribution < -0.4 is 15.1 Å². The van der Waals surface area contributed by atoms with E-state index in [4.69, 9.17) is 27.9 Å². The fourth-order valence-corrected chi connectivity index (χ4v) is 5.54. The topological polar surface area (TPSA) is 70.0 Å². The maximum Gasteiger partial charge on any atom is 0.225 e. The first-order valence-electron chi connectivity index (χ1n) is 12.7. The SMILES string of the molecule is O=C(N[C@H](Cn1cccc1)[C@H](O)c1ccc(N2CCOCC2)c(Cl)c1)[C@H]1CCN(c2ccc(Cl)cc2)C1. The summed E-state index contributed by atoms with van der Waals surface area (Å²) in [6, 6.07) is 16.7. The molecule has 2 aliphatic heterocycles. The van der Waals surface area contributed by atoms with Gasteiger partial charge in [0.2, 0.25) is 5.91 Å². The van der Waals surface area contributed by atoms with Crippen molar-refractivity contribution in [3.05, 3.63) is 82.6 Å². The number of aliphatic hydroxyl groups excluding tert-OH is 1. The predicted octanol–water partition coefficient (Wildman–Crippen LogP) is 4.38. The minimum Gasteiger partial charge on any atom is -0.386 e. The molecule has 2 fully saturated rings. The summed E-state index contributed by atoms with van der Waals surface area (Å²) in [6.07, 6.45) is 3.69. The summed E-state index contributed by atoms with van der Waals surface area (Å²) in [4.78, 5) is 17.7. The Labute approximate surface area is 227 Å². The van der Waals surface area contributed by atoms with Crippen LogP contribution in [-0.4, -0.2) is 61.0 Å². The fraction of sp³-hybridized carbons (Fsp3) is 0.393. The average Bonchev–Trinajstić information content (AvgIpc) is 3.61. The van der Waals surface area contributed by atoms with E-state index in [0.717, 1.165) is 37.4 Å². The molecule has 0 spiro atoms. The summed E-state index contributed by atoms with van der Waals surface area (Å²) >= 11 is 12.7. The highest BCUT2D eigenvalue weighted by Gasteiger charge is 2.32. The number of carbonyl (C=O) groups is 1. The number of amides is 1. The Morgan fingerprint density at radius 3 is 2.46 bits per heavy atom. The number of ether oxygens (including phenoxy) is 1. The largest absolute Gasteiger partial charge is 0.386 e. The van der Waals surface area contributed by atoms with Gasteiger partial charge >= 0.3 is 0 Å². The van der Waals surface area contributed by atoms with E-state index in [0.29, 0.717) is 41.9 Å². The summed E-state index contributed by atoms with van der Waals surface area (Å²) in [6.45, 7) is 4.76. The molecule has 2 aromatic carbocycles. The molecular weight excluding hydrogens is 511 g/mol. The Morgan fingerprint density at radius 1 is 1.03 bits per heavy atom. The Morgan fingerprint density at radius 2 is 1.76 bits per heavy atom. The quantitative estimate of drug-likeness (QED) is 0.442. The van der Waals surface area contributed by atoms with Crippen LogP contribution in [0.5, 0.6) is 0 Å². The van der Waals surface area contributed by atoms with Crippen molar-refractivity contribution in [3.8, 4) is 0 Å². The minimum absolute atomic E-state index is 0.0521.